The molecule has 2 aromatic carbocycles. The first-order chi connectivity index (χ1) is 14.1. The normalized spacial score (nSPS) is 22.0. The molecule has 0 saturated carbocycles. The summed E-state index contributed by atoms with van der Waals surface area (Å²) in [6.45, 7) is 13.6. The van der Waals surface area contributed by atoms with Gasteiger partial charge in [0.2, 0.25) is 0 Å². The first-order valence-electron chi connectivity index (χ1n) is 10.6. The van der Waals surface area contributed by atoms with Crippen molar-refractivity contribution >= 4 is 29.2 Å². The molecule has 2 aliphatic heterocycles. The Morgan fingerprint density at radius 3 is 2.33 bits per heavy atom. The molecular formula is C26H28N2S2. The lowest BCUT2D eigenvalue weighted by atomic mass is 9.83. The van der Waals surface area contributed by atoms with Crippen molar-refractivity contribution in [1.29, 1.82) is 0 Å². The van der Waals surface area contributed by atoms with E-state index in [-0.39, 0.29) is 16.9 Å². The van der Waals surface area contributed by atoms with E-state index in [1.54, 1.807) is 0 Å². The fourth-order valence-electron chi connectivity index (χ4n) is 3.98. The lowest BCUT2D eigenvalue weighted by molar-refractivity contribution is 0.510. The fraction of sp³-hybridized carbons (Fsp3) is 0.385. The van der Waals surface area contributed by atoms with Gasteiger partial charge in [0, 0.05) is 14.7 Å². The Labute approximate surface area is 187 Å². The van der Waals surface area contributed by atoms with Crippen LogP contribution in [0.1, 0.15) is 47.1 Å². The number of allylic oxidation sites excluding steroid dienone is 2. The van der Waals surface area contributed by atoms with E-state index in [1.807, 2.05) is 23.5 Å². The summed E-state index contributed by atoms with van der Waals surface area (Å²) in [4.78, 5) is 13.8. The first kappa shape index (κ1) is 20.1. The number of benzene rings is 2. The zero-order valence-electron chi connectivity index (χ0n) is 18.5. The molecule has 1 aliphatic carbocycles. The average Bonchev–Trinajstić information content (AvgIpc) is 2.66. The van der Waals surface area contributed by atoms with Crippen molar-refractivity contribution in [3.63, 3.8) is 0 Å². The molecule has 30 heavy (non-hydrogen) atoms. The van der Waals surface area contributed by atoms with Gasteiger partial charge in [0.25, 0.3) is 0 Å². The van der Waals surface area contributed by atoms with Gasteiger partial charge < -0.3 is 0 Å². The molecule has 2 unspecified atom stereocenters. The van der Waals surface area contributed by atoms with Gasteiger partial charge in [0.1, 0.15) is 0 Å². The van der Waals surface area contributed by atoms with Crippen molar-refractivity contribution < 1.29 is 0 Å². The van der Waals surface area contributed by atoms with Crippen molar-refractivity contribution in [3.05, 3.63) is 70.4 Å². The molecule has 0 spiro atoms. The molecule has 4 heteroatoms. The molecule has 0 N–H and O–H groups in total. The Kier molecular flexibility index (Phi) is 4.61. The molecule has 154 valence electrons. The largest absolute Gasteiger partial charge is 0.275 e. The van der Waals surface area contributed by atoms with Crippen LogP contribution in [-0.4, -0.2) is 11.3 Å². The monoisotopic (exact) mass is 432 g/mol. The number of rotatable bonds is 0. The van der Waals surface area contributed by atoms with Gasteiger partial charge >= 0.3 is 0 Å². The minimum absolute atomic E-state index is 0.138. The summed E-state index contributed by atoms with van der Waals surface area (Å²) in [5.41, 5.74) is 4.13. The highest BCUT2D eigenvalue weighted by Crippen LogP contribution is 2.41. The molecule has 5 rings (SSSR count). The second-order valence-corrected chi connectivity index (χ2v) is 12.7. The predicted octanol–water partition coefficient (Wildman–Crippen LogP) is 6.40. The van der Waals surface area contributed by atoms with Gasteiger partial charge in [-0.05, 0) is 46.2 Å². The van der Waals surface area contributed by atoms with Gasteiger partial charge in [-0.25, -0.2) is 4.99 Å². The molecule has 3 aliphatic rings. The van der Waals surface area contributed by atoms with Crippen LogP contribution in [0.3, 0.4) is 0 Å². The highest BCUT2D eigenvalue weighted by molar-refractivity contribution is 8.00. The lowest BCUT2D eigenvalue weighted by Gasteiger charge is -2.31. The molecule has 0 aromatic heterocycles. The maximum Gasteiger partial charge on any atom is 0.0847 e. The second kappa shape index (κ2) is 6.86. The molecule has 0 saturated heterocycles. The highest BCUT2D eigenvalue weighted by Gasteiger charge is 2.29. The molecular weight excluding hydrogens is 404 g/mol. The molecule has 0 fully saturated rings. The van der Waals surface area contributed by atoms with Crippen molar-refractivity contribution in [2.24, 2.45) is 15.4 Å². The molecule has 2 heterocycles. The highest BCUT2D eigenvalue weighted by atomic mass is 32.2. The van der Waals surface area contributed by atoms with Crippen molar-refractivity contribution in [2.45, 2.75) is 72.9 Å². The second-order valence-electron chi connectivity index (χ2n) is 10.4. The number of hydrogen-bond donors (Lipinski definition) is 0. The molecule has 0 radical (unpaired) electrons. The quantitative estimate of drug-likeness (QED) is 0.410. The third kappa shape index (κ3) is 3.58. The van der Waals surface area contributed by atoms with E-state index >= 15 is 0 Å². The molecule has 0 amide bonds. The van der Waals surface area contributed by atoms with Crippen LogP contribution in [0, 0.1) is 5.41 Å². The van der Waals surface area contributed by atoms with Crippen molar-refractivity contribution in [1.82, 2.24) is 0 Å². The summed E-state index contributed by atoms with van der Waals surface area (Å²) >= 11 is 3.76. The lowest BCUT2D eigenvalue weighted by Crippen LogP contribution is -2.31. The number of fused-ring (bicyclic) bond motifs is 4. The fourth-order valence-corrected chi connectivity index (χ4v) is 6.21. The van der Waals surface area contributed by atoms with E-state index < -0.39 is 0 Å². The number of thioether (sulfide) groups is 1. The minimum Gasteiger partial charge on any atom is -0.275 e. The Morgan fingerprint density at radius 1 is 0.833 bits per heavy atom. The van der Waals surface area contributed by atoms with Crippen LogP contribution < -0.4 is 10.7 Å². The summed E-state index contributed by atoms with van der Waals surface area (Å²) in [6.07, 6.45) is 6.96. The maximum absolute atomic E-state index is 5.10. The standard InChI is InChI=1S/C26H28N2S2/c1-25(2,3)15-7-9-17-21(11-15)29-23-13-20-24(14-19(23)27-17)30-22-12-16(26(4,5)6)8-10-18(22)28-20/h7-14,17,21H,1-6H3. The first-order valence-corrected chi connectivity index (χ1v) is 12.3. The number of hydrogen-bond acceptors (Lipinski definition) is 4. The van der Waals surface area contributed by atoms with Gasteiger partial charge in [0.05, 0.1) is 27.7 Å². The summed E-state index contributed by atoms with van der Waals surface area (Å²) in [5, 5.41) is 2.55. The van der Waals surface area contributed by atoms with E-state index in [1.165, 1.54) is 25.8 Å². The smallest absolute Gasteiger partial charge is 0.0847 e. The predicted molar refractivity (Wildman–Crippen MR) is 128 cm³/mol. The Morgan fingerprint density at radius 2 is 1.60 bits per heavy atom. The summed E-state index contributed by atoms with van der Waals surface area (Å²) < 4.78 is 0. The van der Waals surface area contributed by atoms with Crippen LogP contribution in [0.4, 0.5) is 5.69 Å². The Hall–Kier alpha value is -1.78. The Balaban J connectivity index is 1.55. The summed E-state index contributed by atoms with van der Waals surface area (Å²) in [6, 6.07) is 11.4. The maximum atomic E-state index is 5.10. The van der Waals surface area contributed by atoms with Crippen LogP contribution in [-0.2, 0) is 5.41 Å². The van der Waals surface area contributed by atoms with Gasteiger partial charge in [-0.2, -0.15) is 0 Å². The summed E-state index contributed by atoms with van der Waals surface area (Å²) in [7, 11) is 0. The third-order valence-electron chi connectivity index (χ3n) is 5.90. The van der Waals surface area contributed by atoms with E-state index in [0.29, 0.717) is 5.25 Å². The van der Waals surface area contributed by atoms with Gasteiger partial charge in [-0.3, -0.25) is 4.99 Å². The molecule has 0 bridgehead atoms. The Bertz CT molecular complexity index is 1220. The van der Waals surface area contributed by atoms with Crippen LogP contribution >= 0.6 is 23.5 Å². The summed E-state index contributed by atoms with van der Waals surface area (Å²) in [5.74, 6) is 0. The van der Waals surface area contributed by atoms with Gasteiger partial charge in [-0.15, -0.1) is 11.8 Å². The average molecular weight is 433 g/mol. The van der Waals surface area contributed by atoms with Crippen molar-refractivity contribution in [3.8, 4) is 0 Å². The van der Waals surface area contributed by atoms with E-state index in [2.05, 4.69) is 90.1 Å². The van der Waals surface area contributed by atoms with Gasteiger partial charge in [0.15, 0.2) is 0 Å². The SMILES string of the molecule is CC(C)(C)C1=CC2Sc3cc4c(cc3=NC2C=C1)Sc1cc(C(C)(C)C)ccc1N=4. The third-order valence-corrected chi connectivity index (χ3v) is 8.26. The van der Waals surface area contributed by atoms with Crippen LogP contribution in [0.15, 0.2) is 78.8 Å². The van der Waals surface area contributed by atoms with Gasteiger partial charge in [-0.1, -0.05) is 77.6 Å². The van der Waals surface area contributed by atoms with E-state index in [0.717, 1.165) is 16.4 Å². The van der Waals surface area contributed by atoms with E-state index in [9.17, 15) is 0 Å². The minimum atomic E-state index is 0.138. The van der Waals surface area contributed by atoms with Crippen molar-refractivity contribution in [2.75, 3.05) is 0 Å². The molecule has 2 atom stereocenters. The number of nitrogens with zero attached hydrogens (tertiary/aromatic N) is 2. The zero-order chi connectivity index (χ0) is 21.3. The molecule has 2 nitrogen and oxygen atoms in total. The topological polar surface area (TPSA) is 24.7 Å². The van der Waals surface area contributed by atoms with E-state index in [4.69, 9.17) is 9.98 Å². The van der Waals surface area contributed by atoms with Crippen LogP contribution in [0.2, 0.25) is 0 Å². The van der Waals surface area contributed by atoms with Crippen LogP contribution in [0.25, 0.3) is 0 Å². The molecule has 2 aromatic rings. The van der Waals surface area contributed by atoms with Crippen LogP contribution in [0.5, 0.6) is 0 Å². The zero-order valence-corrected chi connectivity index (χ0v) is 20.1.